The van der Waals surface area contributed by atoms with Crippen LogP contribution in [0, 0.1) is 0 Å². The van der Waals surface area contributed by atoms with Crippen LogP contribution < -0.4 is 0 Å². The van der Waals surface area contributed by atoms with E-state index in [1.165, 1.54) is 5.57 Å². The van der Waals surface area contributed by atoms with Crippen molar-refractivity contribution in [3.05, 3.63) is 11.6 Å². The molecule has 0 aliphatic rings. The second-order valence-electron chi connectivity index (χ2n) is 1.44. The van der Waals surface area contributed by atoms with E-state index in [1.54, 1.807) is 0 Å². The molecule has 0 nitrogen and oxygen atoms in total. The summed E-state index contributed by atoms with van der Waals surface area (Å²) in [7, 11) is 5.44. The molecule has 0 radical (unpaired) electrons. The monoisotopic (exact) mass is 205 g/mol. The zero-order chi connectivity index (χ0) is 5.70. The van der Waals surface area contributed by atoms with Crippen molar-refractivity contribution < 1.29 is 15.7 Å². The third-order valence-electron chi connectivity index (χ3n) is 0.437. The topological polar surface area (TPSA) is 0 Å². The van der Waals surface area contributed by atoms with Gasteiger partial charge in [-0.25, -0.2) is 0 Å². The molecule has 0 spiro atoms. The third-order valence-corrected chi connectivity index (χ3v) is 1.47. The molecule has 0 aromatic heterocycles. The minimum absolute atomic E-state index is 0.0150. The first-order valence-corrected chi connectivity index (χ1v) is 5.20. The Kier molecular flexibility index (Phi) is 5.03. The number of rotatable bonds is 1. The molecule has 43 valence electrons. The quantitative estimate of drug-likeness (QED) is 0.573. The van der Waals surface area contributed by atoms with Gasteiger partial charge in [0, 0.05) is 0 Å². The van der Waals surface area contributed by atoms with Gasteiger partial charge in [0.2, 0.25) is 0 Å². The molecule has 0 atom stereocenters. The van der Waals surface area contributed by atoms with Crippen LogP contribution in [0.2, 0.25) is 0 Å². The number of allylic oxidation sites excluding steroid dienone is 2. The van der Waals surface area contributed by atoms with Gasteiger partial charge in [-0.05, 0) is 0 Å². The third kappa shape index (κ3) is 6.52. The van der Waals surface area contributed by atoms with Gasteiger partial charge in [0.05, 0.1) is 0 Å². The van der Waals surface area contributed by atoms with E-state index >= 15 is 0 Å². The summed E-state index contributed by atoms with van der Waals surface area (Å²) in [4.78, 5) is 0. The van der Waals surface area contributed by atoms with Crippen LogP contribution in [-0.4, -0.2) is 4.61 Å². The standard InChI is InChI=1S/C5H8.ClH.Ru/c1-4-5(2)3;;/h1,4H,2-3H3;1H;/q;;+1/p-1. The molecule has 0 amide bonds. The van der Waals surface area contributed by atoms with E-state index in [-0.39, 0.29) is 15.7 Å². The van der Waals surface area contributed by atoms with Crippen LogP contribution in [0.3, 0.4) is 0 Å². The molecule has 0 saturated carbocycles. The molecular weight excluding hydrogens is 197 g/mol. The minimum atomic E-state index is -0.0150. The second kappa shape index (κ2) is 4.68. The molecule has 0 fully saturated rings. The number of halogens is 1. The van der Waals surface area contributed by atoms with Crippen molar-refractivity contribution in [1.29, 1.82) is 0 Å². The Morgan fingerprint density at radius 3 is 2.29 bits per heavy atom. The van der Waals surface area contributed by atoms with E-state index in [0.29, 0.717) is 0 Å². The Balaban J connectivity index is 3.46. The van der Waals surface area contributed by atoms with Crippen LogP contribution in [0.25, 0.3) is 0 Å². The van der Waals surface area contributed by atoms with Crippen molar-refractivity contribution in [3.8, 4) is 0 Å². The van der Waals surface area contributed by atoms with Gasteiger partial charge in [-0.2, -0.15) is 0 Å². The fourth-order valence-corrected chi connectivity index (χ4v) is 1.09. The van der Waals surface area contributed by atoms with Crippen molar-refractivity contribution in [2.24, 2.45) is 0 Å². The molecule has 0 rings (SSSR count). The molecule has 0 aliphatic heterocycles. The van der Waals surface area contributed by atoms with Gasteiger partial charge in [-0.3, -0.25) is 0 Å². The Hall–Kier alpha value is 0.523. The summed E-state index contributed by atoms with van der Waals surface area (Å²) in [5.41, 5.74) is 1.31. The van der Waals surface area contributed by atoms with E-state index in [9.17, 15) is 0 Å². The van der Waals surface area contributed by atoms with Crippen LogP contribution in [0.4, 0.5) is 0 Å². The molecule has 0 aliphatic carbocycles. The first-order chi connectivity index (χ1) is 3.27. The molecule has 2 heteroatoms. The average Bonchev–Trinajstić information content (AvgIpc) is 1.61. The van der Waals surface area contributed by atoms with E-state index in [0.717, 1.165) is 0 Å². The van der Waals surface area contributed by atoms with Crippen molar-refractivity contribution in [2.75, 3.05) is 0 Å². The Morgan fingerprint density at radius 1 is 1.57 bits per heavy atom. The van der Waals surface area contributed by atoms with E-state index in [2.05, 4.69) is 13.8 Å². The van der Waals surface area contributed by atoms with Crippen LogP contribution in [-0.2, 0) is 15.7 Å². The summed E-state index contributed by atoms with van der Waals surface area (Å²) >= 11 is -0.0150. The molecule has 0 aromatic rings. The van der Waals surface area contributed by atoms with Gasteiger partial charge in [-0.15, -0.1) is 0 Å². The molecule has 0 N–H and O–H groups in total. The molecule has 0 aromatic carbocycles. The van der Waals surface area contributed by atoms with Crippen LogP contribution >= 0.6 is 9.69 Å². The summed E-state index contributed by atoms with van der Waals surface area (Å²) in [6, 6.07) is 0. The first-order valence-electron chi connectivity index (χ1n) is 1.96. The van der Waals surface area contributed by atoms with Crippen molar-refractivity contribution in [1.82, 2.24) is 0 Å². The van der Waals surface area contributed by atoms with Crippen LogP contribution in [0.5, 0.6) is 0 Å². The fourth-order valence-electron chi connectivity index (χ4n) is 0.140. The molecule has 0 bridgehead atoms. The average molecular weight is 205 g/mol. The van der Waals surface area contributed by atoms with E-state index < -0.39 is 0 Å². The molecule has 0 saturated heterocycles. The maximum atomic E-state index is 5.44. The summed E-state index contributed by atoms with van der Waals surface area (Å²) in [5, 5.41) is 0. The molecular formula is C5H8ClRu. The van der Waals surface area contributed by atoms with Gasteiger partial charge in [0.1, 0.15) is 0 Å². The van der Waals surface area contributed by atoms with Gasteiger partial charge in [0.15, 0.2) is 0 Å². The number of hydrogen-bond donors (Lipinski definition) is 0. The van der Waals surface area contributed by atoms with Crippen LogP contribution in [0.15, 0.2) is 11.6 Å². The van der Waals surface area contributed by atoms with Crippen molar-refractivity contribution in [3.63, 3.8) is 0 Å². The van der Waals surface area contributed by atoms with Crippen molar-refractivity contribution >= 4 is 14.3 Å². The summed E-state index contributed by atoms with van der Waals surface area (Å²) in [6.45, 7) is 4.12. The summed E-state index contributed by atoms with van der Waals surface area (Å²) in [6.07, 6.45) is 2.05. The normalized spacial score (nSPS) is 10.7. The van der Waals surface area contributed by atoms with Crippen molar-refractivity contribution in [2.45, 2.75) is 13.8 Å². The predicted octanol–water partition coefficient (Wildman–Crippen LogP) is 1.99. The Labute approximate surface area is 55.7 Å². The predicted molar refractivity (Wildman–Crippen MR) is 31.3 cm³/mol. The Morgan fingerprint density at radius 2 is 2.14 bits per heavy atom. The number of hydrogen-bond acceptors (Lipinski definition) is 0. The van der Waals surface area contributed by atoms with Crippen LogP contribution in [0.1, 0.15) is 13.8 Å². The maximum absolute atomic E-state index is 5.44. The van der Waals surface area contributed by atoms with E-state index in [1.807, 2.05) is 10.7 Å². The summed E-state index contributed by atoms with van der Waals surface area (Å²) < 4.78 is 2.02. The fraction of sp³-hybridized carbons (Fsp3) is 0.400. The van der Waals surface area contributed by atoms with E-state index in [4.69, 9.17) is 9.69 Å². The zero-order valence-corrected chi connectivity index (χ0v) is 6.88. The first kappa shape index (κ1) is 7.52. The molecule has 0 unspecified atom stereocenters. The Bertz CT molecular complexity index is 90.3. The molecule has 7 heavy (non-hydrogen) atoms. The van der Waals surface area contributed by atoms with Gasteiger partial charge >= 0.3 is 55.5 Å². The van der Waals surface area contributed by atoms with Gasteiger partial charge < -0.3 is 0 Å². The second-order valence-corrected chi connectivity index (χ2v) is 3.31. The molecule has 0 heterocycles. The van der Waals surface area contributed by atoms with Gasteiger partial charge in [-0.1, -0.05) is 0 Å². The zero-order valence-electron chi connectivity index (χ0n) is 4.39. The summed E-state index contributed by atoms with van der Waals surface area (Å²) in [5.74, 6) is 0. The van der Waals surface area contributed by atoms with Gasteiger partial charge in [0.25, 0.3) is 0 Å². The SMILES string of the molecule is CC(C)=C[CH]=[Ru][Cl].